The summed E-state index contributed by atoms with van der Waals surface area (Å²) < 4.78 is 10.2. The molecule has 0 spiro atoms. The maximum Gasteiger partial charge on any atom is 0.125 e. The van der Waals surface area contributed by atoms with Crippen molar-refractivity contribution in [2.24, 2.45) is 10.8 Å². The van der Waals surface area contributed by atoms with E-state index in [4.69, 9.17) is 14.7 Å². The summed E-state index contributed by atoms with van der Waals surface area (Å²) in [7, 11) is 3.32. The van der Waals surface area contributed by atoms with Gasteiger partial charge in [-0.1, -0.05) is 38.1 Å². The molecule has 0 heterocycles. The van der Waals surface area contributed by atoms with Crippen LogP contribution in [0.1, 0.15) is 51.7 Å². The van der Waals surface area contributed by atoms with E-state index in [1.807, 2.05) is 76.2 Å². The lowest BCUT2D eigenvalue weighted by molar-refractivity contribution is -0.114. The van der Waals surface area contributed by atoms with Crippen LogP contribution in [0.25, 0.3) is 0 Å². The highest BCUT2D eigenvalue weighted by Crippen LogP contribution is 2.23. The number of nitrogens with zero attached hydrogens (tertiary/aromatic N) is 1. The van der Waals surface area contributed by atoms with Gasteiger partial charge in [0.1, 0.15) is 17.8 Å². The molecule has 0 atom stereocenters. The fourth-order valence-electron chi connectivity index (χ4n) is 2.62. The van der Waals surface area contributed by atoms with Crippen LogP contribution in [0.2, 0.25) is 0 Å². The quantitative estimate of drug-likeness (QED) is 0.474. The molecule has 0 amide bonds. The number of hydrogen-bond acceptors (Lipinski definition) is 4. The van der Waals surface area contributed by atoms with Crippen LogP contribution in [-0.4, -0.2) is 20.5 Å². The maximum atomic E-state index is 10.7. The number of benzene rings is 2. The Balaban J connectivity index is 0.000000300. The Kier molecular flexibility index (Phi) is 10.1. The van der Waals surface area contributed by atoms with Crippen molar-refractivity contribution >= 4 is 6.29 Å². The van der Waals surface area contributed by atoms with Gasteiger partial charge >= 0.3 is 0 Å². The normalized spacial score (nSPS) is 11.0. The Morgan fingerprint density at radius 2 is 1.20 bits per heavy atom. The summed E-state index contributed by atoms with van der Waals surface area (Å²) in [6.07, 6.45) is 4.65. The highest BCUT2D eigenvalue weighted by Gasteiger charge is 2.16. The molecule has 2 rings (SSSR count). The Morgan fingerprint density at radius 3 is 1.53 bits per heavy atom. The largest absolute Gasteiger partial charge is 0.497 e. The fourth-order valence-corrected chi connectivity index (χ4v) is 2.62. The van der Waals surface area contributed by atoms with Crippen molar-refractivity contribution in [3.05, 3.63) is 59.7 Å². The van der Waals surface area contributed by atoms with E-state index >= 15 is 0 Å². The lowest BCUT2D eigenvalue weighted by Crippen LogP contribution is -2.13. The molecular formula is C26H35NO3. The number of rotatable bonds is 9. The minimum atomic E-state index is -0.236. The fraction of sp³-hybridized carbons (Fsp3) is 0.462. The first kappa shape index (κ1) is 25.2. The van der Waals surface area contributed by atoms with Crippen LogP contribution in [-0.2, 0) is 17.6 Å². The molecule has 0 aliphatic carbocycles. The molecular weight excluding hydrogens is 374 g/mol. The third-order valence-electron chi connectivity index (χ3n) is 5.04. The zero-order valence-corrected chi connectivity index (χ0v) is 19.2. The van der Waals surface area contributed by atoms with Crippen molar-refractivity contribution < 1.29 is 14.3 Å². The highest BCUT2D eigenvalue weighted by molar-refractivity contribution is 5.57. The molecule has 2 aromatic carbocycles. The molecule has 0 unspecified atom stereocenters. The van der Waals surface area contributed by atoms with Gasteiger partial charge in [-0.2, -0.15) is 5.26 Å². The van der Waals surface area contributed by atoms with Crippen LogP contribution < -0.4 is 9.47 Å². The van der Waals surface area contributed by atoms with Gasteiger partial charge < -0.3 is 14.3 Å². The van der Waals surface area contributed by atoms with Crippen molar-refractivity contribution in [1.29, 1.82) is 5.26 Å². The molecule has 0 radical (unpaired) electrons. The lowest BCUT2D eigenvalue weighted by atomic mass is 9.88. The predicted octanol–water partition coefficient (Wildman–Crippen LogP) is 6.03. The Bertz CT molecular complexity index is 800. The summed E-state index contributed by atoms with van der Waals surface area (Å²) in [6.45, 7) is 7.86. The van der Waals surface area contributed by atoms with E-state index in [1.54, 1.807) is 14.2 Å². The molecule has 4 nitrogen and oxygen atoms in total. The van der Waals surface area contributed by atoms with Crippen LogP contribution >= 0.6 is 0 Å². The second-order valence-electron chi connectivity index (χ2n) is 8.80. The second kappa shape index (κ2) is 12.0. The molecule has 0 N–H and O–H groups in total. The number of hydrogen-bond donors (Lipinski definition) is 0. The van der Waals surface area contributed by atoms with Crippen molar-refractivity contribution in [3.8, 4) is 17.6 Å². The average molecular weight is 410 g/mol. The minimum Gasteiger partial charge on any atom is -0.497 e. The molecule has 0 aliphatic rings. The van der Waals surface area contributed by atoms with Crippen LogP contribution in [0.4, 0.5) is 0 Å². The first-order valence-corrected chi connectivity index (χ1v) is 10.3. The number of nitriles is 1. The van der Waals surface area contributed by atoms with Gasteiger partial charge in [0.2, 0.25) is 0 Å². The molecule has 30 heavy (non-hydrogen) atoms. The van der Waals surface area contributed by atoms with Gasteiger partial charge in [-0.15, -0.1) is 0 Å². The highest BCUT2D eigenvalue weighted by atomic mass is 16.5. The van der Waals surface area contributed by atoms with Crippen LogP contribution in [0.5, 0.6) is 11.5 Å². The van der Waals surface area contributed by atoms with Gasteiger partial charge in [0.05, 0.1) is 25.7 Å². The number of aldehydes is 1. The van der Waals surface area contributed by atoms with Crippen LogP contribution in [0, 0.1) is 22.2 Å². The van der Waals surface area contributed by atoms with E-state index in [0.29, 0.717) is 0 Å². The monoisotopic (exact) mass is 409 g/mol. The molecule has 0 aliphatic heterocycles. The summed E-state index contributed by atoms with van der Waals surface area (Å²) >= 11 is 0. The summed E-state index contributed by atoms with van der Waals surface area (Å²) in [4.78, 5) is 10.7. The van der Waals surface area contributed by atoms with Gasteiger partial charge in [0.15, 0.2) is 0 Å². The number of aryl methyl sites for hydroxylation is 2. The van der Waals surface area contributed by atoms with E-state index in [-0.39, 0.29) is 10.8 Å². The Hall–Kier alpha value is -2.80. The SMILES string of the molecule is COc1ccc(CCC(C)(C)C#N)cc1.COc1ccc(CCC(C)(C)C=O)cc1. The zero-order chi connectivity index (χ0) is 22.6. The van der Waals surface area contributed by atoms with Crippen molar-refractivity contribution in [2.45, 2.75) is 53.4 Å². The first-order chi connectivity index (χ1) is 14.1. The summed E-state index contributed by atoms with van der Waals surface area (Å²) in [5.41, 5.74) is 2.03. The van der Waals surface area contributed by atoms with Crippen LogP contribution in [0.15, 0.2) is 48.5 Å². The first-order valence-electron chi connectivity index (χ1n) is 10.3. The van der Waals surface area contributed by atoms with Crippen molar-refractivity contribution in [3.63, 3.8) is 0 Å². The third-order valence-corrected chi connectivity index (χ3v) is 5.04. The van der Waals surface area contributed by atoms with E-state index < -0.39 is 0 Å². The van der Waals surface area contributed by atoms with Crippen LogP contribution in [0.3, 0.4) is 0 Å². The smallest absolute Gasteiger partial charge is 0.125 e. The van der Waals surface area contributed by atoms with E-state index in [9.17, 15) is 4.79 Å². The second-order valence-corrected chi connectivity index (χ2v) is 8.80. The summed E-state index contributed by atoms with van der Waals surface area (Å²) in [5, 5.41) is 8.88. The minimum absolute atomic E-state index is 0.222. The van der Waals surface area contributed by atoms with Crippen molar-refractivity contribution in [2.75, 3.05) is 14.2 Å². The lowest BCUT2D eigenvalue weighted by Gasteiger charge is -2.16. The molecule has 0 aromatic heterocycles. The predicted molar refractivity (Wildman–Crippen MR) is 122 cm³/mol. The van der Waals surface area contributed by atoms with Crippen molar-refractivity contribution in [1.82, 2.24) is 0 Å². The number of carbonyl (C=O) groups is 1. The zero-order valence-electron chi connectivity index (χ0n) is 19.2. The van der Waals surface area contributed by atoms with Gasteiger partial charge in [-0.25, -0.2) is 0 Å². The molecule has 4 heteroatoms. The molecule has 0 saturated carbocycles. The van der Waals surface area contributed by atoms with Gasteiger partial charge in [-0.05, 0) is 74.9 Å². The third kappa shape index (κ3) is 9.60. The molecule has 0 fully saturated rings. The molecule has 2 aromatic rings. The van der Waals surface area contributed by atoms with E-state index in [0.717, 1.165) is 43.5 Å². The number of carbonyl (C=O) groups excluding carboxylic acids is 1. The molecule has 0 saturated heterocycles. The number of ether oxygens (including phenoxy) is 2. The molecule has 0 bridgehead atoms. The summed E-state index contributed by atoms with van der Waals surface area (Å²) in [5.74, 6) is 1.74. The van der Waals surface area contributed by atoms with Gasteiger partial charge in [0.25, 0.3) is 0 Å². The Labute approximate surface area is 181 Å². The Morgan fingerprint density at radius 1 is 0.800 bits per heavy atom. The molecule has 162 valence electrons. The van der Waals surface area contributed by atoms with Gasteiger partial charge in [-0.3, -0.25) is 0 Å². The van der Waals surface area contributed by atoms with Gasteiger partial charge in [0, 0.05) is 5.41 Å². The maximum absolute atomic E-state index is 10.7. The summed E-state index contributed by atoms with van der Waals surface area (Å²) in [6, 6.07) is 18.3. The average Bonchev–Trinajstić information content (AvgIpc) is 2.77. The van der Waals surface area contributed by atoms with E-state index in [2.05, 4.69) is 6.07 Å². The standard InChI is InChI=1S/C13H17NO.C13H18O2/c2*1-13(2,10-14)9-8-11-4-6-12(15-3)7-5-11/h4-7H,8-9H2,1-3H3;4-7,10H,8-9H2,1-3H3. The number of methoxy groups -OCH3 is 2. The topological polar surface area (TPSA) is 59.3 Å². The van der Waals surface area contributed by atoms with E-state index in [1.165, 1.54) is 11.1 Å².